The molecule has 160 valence electrons. The van der Waals surface area contributed by atoms with E-state index in [0.29, 0.717) is 17.0 Å². The van der Waals surface area contributed by atoms with Gasteiger partial charge in [-0.15, -0.1) is 0 Å². The lowest BCUT2D eigenvalue weighted by atomic mass is 10.1. The van der Waals surface area contributed by atoms with Crippen LogP contribution in [-0.4, -0.2) is 38.4 Å². The lowest BCUT2D eigenvalue weighted by molar-refractivity contribution is 0.386. The van der Waals surface area contributed by atoms with Crippen LogP contribution in [0.15, 0.2) is 58.5 Å². The van der Waals surface area contributed by atoms with Crippen molar-refractivity contribution in [3.05, 3.63) is 86.9 Å². The predicted octanol–water partition coefficient (Wildman–Crippen LogP) is 2.41. The summed E-state index contributed by atoms with van der Waals surface area (Å²) in [5.41, 5.74) is 2.40. The predicted molar refractivity (Wildman–Crippen MR) is 112 cm³/mol. The molecule has 4 heterocycles. The van der Waals surface area contributed by atoms with Gasteiger partial charge in [0.05, 0.1) is 34.4 Å². The van der Waals surface area contributed by atoms with Crippen molar-refractivity contribution in [2.45, 2.75) is 24.4 Å². The number of nitrogens with one attached hydrogen (secondary N) is 1. The minimum atomic E-state index is -3.89. The Bertz CT molecular complexity index is 1440. The summed E-state index contributed by atoms with van der Waals surface area (Å²) < 4.78 is 43.9. The summed E-state index contributed by atoms with van der Waals surface area (Å²) in [4.78, 5) is 17.2. The Morgan fingerprint density at radius 2 is 2.06 bits per heavy atom. The van der Waals surface area contributed by atoms with Gasteiger partial charge in [0.15, 0.2) is 0 Å². The van der Waals surface area contributed by atoms with Crippen LogP contribution in [0, 0.1) is 5.82 Å². The van der Waals surface area contributed by atoms with Crippen LogP contribution >= 0.6 is 11.6 Å². The van der Waals surface area contributed by atoms with Crippen molar-refractivity contribution < 1.29 is 12.8 Å². The van der Waals surface area contributed by atoms with Crippen LogP contribution in [0.3, 0.4) is 0 Å². The average Bonchev–Trinajstić information content (AvgIpc) is 3.30. The number of hydrogen-bond donors (Lipinski definition) is 1. The Balaban J connectivity index is 1.42. The molecule has 1 aliphatic rings. The third-order valence-electron chi connectivity index (χ3n) is 5.35. The Hall–Kier alpha value is -2.95. The molecule has 0 atom stereocenters. The third-order valence-corrected chi connectivity index (χ3v) is 7.48. The number of imidazole rings is 1. The maximum atomic E-state index is 13.4. The first kappa shape index (κ1) is 20.0. The molecule has 0 saturated carbocycles. The second kappa shape index (κ2) is 7.33. The maximum Gasteiger partial charge on any atom is 0.270 e. The van der Waals surface area contributed by atoms with E-state index in [-0.39, 0.29) is 41.5 Å². The highest BCUT2D eigenvalue weighted by atomic mass is 35.5. The van der Waals surface area contributed by atoms with E-state index in [9.17, 15) is 17.6 Å². The van der Waals surface area contributed by atoms with E-state index in [1.165, 1.54) is 15.1 Å². The molecule has 4 aromatic rings. The molecule has 0 aliphatic carbocycles. The molecule has 0 saturated heterocycles. The van der Waals surface area contributed by atoms with Gasteiger partial charge < -0.3 is 4.40 Å². The van der Waals surface area contributed by atoms with Crippen LogP contribution in [0.25, 0.3) is 5.65 Å². The normalized spacial score (nSPS) is 14.8. The van der Waals surface area contributed by atoms with Crippen molar-refractivity contribution in [3.8, 4) is 0 Å². The molecule has 5 rings (SSSR count). The van der Waals surface area contributed by atoms with E-state index in [1.807, 2.05) is 35.0 Å². The van der Waals surface area contributed by atoms with Gasteiger partial charge in [-0.25, -0.2) is 22.5 Å². The van der Waals surface area contributed by atoms with Gasteiger partial charge in [0.25, 0.3) is 5.56 Å². The van der Waals surface area contributed by atoms with Crippen molar-refractivity contribution in [2.75, 3.05) is 6.54 Å². The molecule has 0 fully saturated rings. The van der Waals surface area contributed by atoms with Gasteiger partial charge in [0.1, 0.15) is 11.5 Å². The molecular formula is C20H17ClFN5O3S. The molecule has 11 heteroatoms. The second-order valence-electron chi connectivity index (χ2n) is 7.32. The van der Waals surface area contributed by atoms with Crippen LogP contribution in [0.1, 0.15) is 17.0 Å². The van der Waals surface area contributed by atoms with Crippen LogP contribution in [0.2, 0.25) is 5.02 Å². The summed E-state index contributed by atoms with van der Waals surface area (Å²) in [5.74, 6) is -0.685. The zero-order chi connectivity index (χ0) is 21.8. The number of fused-ring (bicyclic) bond motifs is 2. The highest BCUT2D eigenvalue weighted by Gasteiger charge is 2.31. The molecule has 0 amide bonds. The molecule has 8 nitrogen and oxygen atoms in total. The number of H-pyrrole nitrogens is 1. The number of hydrogen-bond acceptors (Lipinski definition) is 4. The van der Waals surface area contributed by atoms with E-state index in [1.54, 1.807) is 0 Å². The van der Waals surface area contributed by atoms with E-state index in [2.05, 4.69) is 10.1 Å². The number of benzene rings is 1. The SMILES string of the molecule is O=c1c2c([nH]n1Cc1cn3ccccc3n1)CN(S(=O)(=O)c1ccc(F)c(Cl)c1)CC2. The highest BCUT2D eigenvalue weighted by molar-refractivity contribution is 7.89. The van der Waals surface area contributed by atoms with Crippen molar-refractivity contribution in [1.82, 2.24) is 23.5 Å². The number of sulfonamides is 1. The summed E-state index contributed by atoms with van der Waals surface area (Å²) in [6.45, 7) is 0.402. The summed E-state index contributed by atoms with van der Waals surface area (Å²) in [6.07, 6.45) is 3.99. The fraction of sp³-hybridized carbons (Fsp3) is 0.200. The molecule has 1 N–H and O–H groups in total. The third kappa shape index (κ3) is 3.46. The molecular weight excluding hydrogens is 445 g/mol. The lowest BCUT2D eigenvalue weighted by Gasteiger charge is -2.25. The van der Waals surface area contributed by atoms with Gasteiger partial charge in [-0.2, -0.15) is 4.31 Å². The number of aromatic amines is 1. The molecule has 0 spiro atoms. The lowest BCUT2D eigenvalue weighted by Crippen LogP contribution is -2.37. The fourth-order valence-electron chi connectivity index (χ4n) is 3.78. The fourth-order valence-corrected chi connectivity index (χ4v) is 5.46. The Kier molecular flexibility index (Phi) is 4.72. The van der Waals surface area contributed by atoms with Crippen LogP contribution in [0.4, 0.5) is 4.39 Å². The second-order valence-corrected chi connectivity index (χ2v) is 9.67. The molecule has 0 unspecified atom stereocenters. The smallest absolute Gasteiger partial charge is 0.270 e. The van der Waals surface area contributed by atoms with E-state index < -0.39 is 15.8 Å². The van der Waals surface area contributed by atoms with Crippen molar-refractivity contribution >= 4 is 27.3 Å². The number of aromatic nitrogens is 4. The average molecular weight is 462 g/mol. The van der Waals surface area contributed by atoms with Gasteiger partial charge >= 0.3 is 0 Å². The molecule has 1 aromatic carbocycles. The zero-order valence-electron chi connectivity index (χ0n) is 16.1. The largest absolute Gasteiger partial charge is 0.307 e. The summed E-state index contributed by atoms with van der Waals surface area (Å²) in [6, 6.07) is 8.95. The topological polar surface area (TPSA) is 92.5 Å². The van der Waals surface area contributed by atoms with Gasteiger partial charge in [-0.3, -0.25) is 9.89 Å². The summed E-state index contributed by atoms with van der Waals surface area (Å²) in [5, 5.41) is 2.77. The molecule has 0 bridgehead atoms. The van der Waals surface area contributed by atoms with Crippen LogP contribution < -0.4 is 5.56 Å². The van der Waals surface area contributed by atoms with Gasteiger partial charge in [-0.05, 0) is 36.8 Å². The Morgan fingerprint density at radius 3 is 2.84 bits per heavy atom. The highest BCUT2D eigenvalue weighted by Crippen LogP contribution is 2.26. The summed E-state index contributed by atoms with van der Waals surface area (Å²) in [7, 11) is -3.89. The first-order valence-electron chi connectivity index (χ1n) is 9.51. The number of nitrogens with zero attached hydrogens (tertiary/aromatic N) is 4. The monoisotopic (exact) mass is 461 g/mol. The number of pyridine rings is 1. The first-order valence-corrected chi connectivity index (χ1v) is 11.3. The molecule has 0 radical (unpaired) electrons. The quantitative estimate of drug-likeness (QED) is 0.505. The van der Waals surface area contributed by atoms with Crippen molar-refractivity contribution in [2.24, 2.45) is 0 Å². The minimum Gasteiger partial charge on any atom is -0.307 e. The van der Waals surface area contributed by atoms with Gasteiger partial charge in [0, 0.05) is 24.5 Å². The van der Waals surface area contributed by atoms with E-state index in [4.69, 9.17) is 11.6 Å². The standard InChI is InChI=1S/C20H17ClFN5O3S/c21-16-9-14(4-5-17(16)22)31(29,30)26-8-6-15-18(12-26)24-27(20(15)28)11-13-10-25-7-2-1-3-19(25)23-13/h1-5,7,9-10,24H,6,8,11-12H2. The molecule has 3 aromatic heterocycles. The van der Waals surface area contributed by atoms with Gasteiger partial charge in [0.2, 0.25) is 10.0 Å². The van der Waals surface area contributed by atoms with Gasteiger partial charge in [-0.1, -0.05) is 17.7 Å². The maximum absolute atomic E-state index is 13.4. The zero-order valence-corrected chi connectivity index (χ0v) is 17.7. The first-order chi connectivity index (χ1) is 14.8. The Morgan fingerprint density at radius 1 is 1.23 bits per heavy atom. The van der Waals surface area contributed by atoms with Crippen LogP contribution in [-0.2, 0) is 29.5 Å². The van der Waals surface area contributed by atoms with E-state index >= 15 is 0 Å². The number of rotatable bonds is 4. The van der Waals surface area contributed by atoms with Crippen molar-refractivity contribution in [1.29, 1.82) is 0 Å². The Labute approximate surface area is 181 Å². The van der Waals surface area contributed by atoms with Crippen LogP contribution in [0.5, 0.6) is 0 Å². The summed E-state index contributed by atoms with van der Waals surface area (Å²) >= 11 is 5.75. The van der Waals surface area contributed by atoms with E-state index in [0.717, 1.165) is 17.8 Å². The molecule has 31 heavy (non-hydrogen) atoms. The molecule has 1 aliphatic heterocycles. The van der Waals surface area contributed by atoms with Crippen molar-refractivity contribution in [3.63, 3.8) is 0 Å². The minimum absolute atomic E-state index is 0.0140. The number of halogens is 2.